The third-order valence-electron chi connectivity index (χ3n) is 5.91. The number of phenolic OH excluding ortho intramolecular Hbond substituents is 1. The number of rotatable bonds is 3. The first-order valence-corrected chi connectivity index (χ1v) is 11.4. The zero-order valence-corrected chi connectivity index (χ0v) is 20.3. The summed E-state index contributed by atoms with van der Waals surface area (Å²) >= 11 is 19.1. The summed E-state index contributed by atoms with van der Waals surface area (Å²) in [6, 6.07) is 9.63. The fraction of sp³-hybridized carbons (Fsp3) is 0.0385. The van der Waals surface area contributed by atoms with E-state index in [0.717, 1.165) is 12.1 Å². The van der Waals surface area contributed by atoms with Gasteiger partial charge in [-0.2, -0.15) is 4.39 Å². The van der Waals surface area contributed by atoms with Crippen molar-refractivity contribution in [3.05, 3.63) is 84.7 Å². The average Bonchev–Trinajstić information content (AvgIpc) is 2.83. The fourth-order valence-corrected chi connectivity index (χ4v) is 5.18. The minimum absolute atomic E-state index is 0.00986. The number of phenols is 1. The largest absolute Gasteiger partial charge is 0.504 e. The molecule has 0 aromatic heterocycles. The molecule has 0 unspecified atom stereocenters. The molecule has 5 rings (SSSR count). The van der Waals surface area contributed by atoms with E-state index in [0.29, 0.717) is 0 Å². The Hall–Kier alpha value is -3.65. The van der Waals surface area contributed by atoms with Crippen molar-refractivity contribution >= 4 is 68.3 Å². The number of aromatic carboxylic acids is 1. The van der Waals surface area contributed by atoms with Gasteiger partial charge < -0.3 is 14.6 Å². The van der Waals surface area contributed by atoms with E-state index in [1.807, 2.05) is 0 Å². The summed E-state index contributed by atoms with van der Waals surface area (Å²) in [5.74, 6) is -3.97. The van der Waals surface area contributed by atoms with Crippen molar-refractivity contribution in [2.24, 2.45) is 0 Å². The van der Waals surface area contributed by atoms with E-state index in [2.05, 4.69) is 0 Å². The van der Waals surface area contributed by atoms with Crippen LogP contribution in [-0.2, 0) is 0 Å². The van der Waals surface area contributed by atoms with Gasteiger partial charge in [0.05, 0.1) is 20.6 Å². The van der Waals surface area contributed by atoms with Crippen molar-refractivity contribution in [2.75, 3.05) is 0 Å². The first-order valence-electron chi connectivity index (χ1n) is 10.3. The number of hydrogen-bond donors (Lipinski definition) is 2. The quantitative estimate of drug-likeness (QED) is 0.139. The molecule has 0 amide bonds. The van der Waals surface area contributed by atoms with E-state index < -0.39 is 39.9 Å². The smallest absolute Gasteiger partial charge is 0.337 e. The molecule has 3 aromatic carbocycles. The first-order chi connectivity index (χ1) is 17.0. The third kappa shape index (κ3) is 3.43. The lowest BCUT2D eigenvalue weighted by Crippen LogP contribution is -2.08. The summed E-state index contributed by atoms with van der Waals surface area (Å²) in [6.07, 6.45) is 0. The Morgan fingerprint density at radius 2 is 1.64 bits per heavy atom. The molecule has 2 N–H and O–H groups in total. The first kappa shape index (κ1) is 24.1. The van der Waals surface area contributed by atoms with Crippen LogP contribution in [0, 0.1) is 5.82 Å². The molecule has 0 saturated carbocycles. The summed E-state index contributed by atoms with van der Waals surface area (Å²) in [5.41, 5.74) is -1.70. The van der Waals surface area contributed by atoms with Crippen LogP contribution >= 0.6 is 34.8 Å². The van der Waals surface area contributed by atoms with Crippen molar-refractivity contribution in [1.82, 2.24) is 0 Å². The molecule has 0 fully saturated rings. The molecule has 0 bridgehead atoms. The molecular formula is C26H12Cl3FO6. The second-order valence-corrected chi connectivity index (χ2v) is 9.19. The minimum atomic E-state index is -1.47. The van der Waals surface area contributed by atoms with Crippen LogP contribution in [-0.4, -0.2) is 22.0 Å². The van der Waals surface area contributed by atoms with Crippen LogP contribution < -0.4 is 5.43 Å². The van der Waals surface area contributed by atoms with Crippen molar-refractivity contribution in [3.63, 3.8) is 0 Å². The number of carbonyl (C=O) groups is 2. The second kappa shape index (κ2) is 8.48. The monoisotopic (exact) mass is 544 g/mol. The van der Waals surface area contributed by atoms with E-state index in [1.165, 1.54) is 19.1 Å². The molecular weight excluding hydrogens is 534 g/mol. The number of halogens is 4. The Kier molecular flexibility index (Phi) is 5.67. The average molecular weight is 546 g/mol. The molecule has 0 saturated heterocycles. The molecule has 180 valence electrons. The van der Waals surface area contributed by atoms with Crippen LogP contribution in [0.5, 0.6) is 5.75 Å². The van der Waals surface area contributed by atoms with Gasteiger partial charge in [-0.15, -0.1) is 0 Å². The number of fused-ring (bicyclic) bond motifs is 4. The van der Waals surface area contributed by atoms with E-state index in [1.54, 1.807) is 18.2 Å². The number of Topliss-reactive ketones (excluding diaryl/α,β-unsaturated/α-hetero) is 1. The molecule has 2 aliphatic rings. The molecule has 0 spiro atoms. The maximum absolute atomic E-state index is 15.5. The topological polar surface area (TPSA) is 105 Å². The lowest BCUT2D eigenvalue weighted by molar-refractivity contribution is 0.0697. The molecule has 1 aliphatic heterocycles. The summed E-state index contributed by atoms with van der Waals surface area (Å²) in [4.78, 5) is 37.0. The maximum atomic E-state index is 15.5. The second-order valence-electron chi connectivity index (χ2n) is 8.00. The van der Waals surface area contributed by atoms with Gasteiger partial charge in [0.25, 0.3) is 0 Å². The van der Waals surface area contributed by atoms with Crippen molar-refractivity contribution in [3.8, 4) is 28.2 Å². The van der Waals surface area contributed by atoms with Gasteiger partial charge in [-0.05, 0) is 24.4 Å². The van der Waals surface area contributed by atoms with Crippen LogP contribution in [0.25, 0.3) is 44.2 Å². The standard InChI is InChI=1S/C26H12Cl3FO6/c1-9(31)12-6-15(28)20(26(34)35)21(22(12)29)18-13-7-14(27)16(32)8-17(13)36-25-19(18)10-4-2-3-5-11(10)24(33)23(25)30/h2-8,33H,1H3,(H,34,35). The van der Waals surface area contributed by atoms with Gasteiger partial charge in [0, 0.05) is 39.1 Å². The number of carboxylic acids is 1. The number of benzene rings is 4. The van der Waals surface area contributed by atoms with Crippen LogP contribution in [0.15, 0.2) is 51.7 Å². The summed E-state index contributed by atoms with van der Waals surface area (Å²) < 4.78 is 21.2. The Morgan fingerprint density at radius 3 is 2.28 bits per heavy atom. The molecule has 10 heteroatoms. The van der Waals surface area contributed by atoms with Gasteiger partial charge in [-0.1, -0.05) is 59.1 Å². The molecule has 36 heavy (non-hydrogen) atoms. The van der Waals surface area contributed by atoms with E-state index >= 15 is 4.39 Å². The predicted octanol–water partition coefficient (Wildman–Crippen LogP) is 7.42. The SMILES string of the molecule is CC(=O)c1cc(Cl)c(C(=O)O)c(-c2c3cc(Cl)c(=O)cc-3oc3c(F)c(O)c4ccccc4c23)c1Cl. The van der Waals surface area contributed by atoms with Crippen LogP contribution in [0.1, 0.15) is 27.6 Å². The Labute approximate surface area is 216 Å². The molecule has 1 heterocycles. The van der Waals surface area contributed by atoms with E-state index in [9.17, 15) is 24.6 Å². The van der Waals surface area contributed by atoms with Crippen LogP contribution in [0.3, 0.4) is 0 Å². The van der Waals surface area contributed by atoms with Crippen LogP contribution in [0.4, 0.5) is 4.39 Å². The Bertz CT molecular complexity index is 1830. The normalized spacial score (nSPS) is 11.5. The number of hydrogen-bond acceptors (Lipinski definition) is 5. The van der Waals surface area contributed by atoms with Gasteiger partial charge in [0.2, 0.25) is 11.2 Å². The van der Waals surface area contributed by atoms with Gasteiger partial charge in [-0.3, -0.25) is 9.59 Å². The summed E-state index contributed by atoms with van der Waals surface area (Å²) in [6.45, 7) is 1.23. The number of ketones is 1. The van der Waals surface area contributed by atoms with Gasteiger partial charge in [0.15, 0.2) is 17.1 Å². The molecule has 6 nitrogen and oxygen atoms in total. The zero-order chi connectivity index (χ0) is 26.0. The third-order valence-corrected chi connectivity index (χ3v) is 6.90. The molecule has 0 radical (unpaired) electrons. The highest BCUT2D eigenvalue weighted by molar-refractivity contribution is 6.42. The molecule has 1 aliphatic carbocycles. The van der Waals surface area contributed by atoms with E-state index in [-0.39, 0.29) is 59.2 Å². The molecule has 3 aromatic rings. The lowest BCUT2D eigenvalue weighted by atomic mass is 9.87. The highest BCUT2D eigenvalue weighted by Crippen LogP contribution is 2.50. The van der Waals surface area contributed by atoms with Crippen molar-refractivity contribution in [2.45, 2.75) is 6.92 Å². The van der Waals surface area contributed by atoms with Gasteiger partial charge in [-0.25, -0.2) is 4.79 Å². The van der Waals surface area contributed by atoms with E-state index in [4.69, 9.17) is 39.2 Å². The fourth-order valence-electron chi connectivity index (χ4n) is 4.35. The zero-order valence-electron chi connectivity index (χ0n) is 18.1. The Balaban J connectivity index is 2.21. The highest BCUT2D eigenvalue weighted by Gasteiger charge is 2.31. The Morgan fingerprint density at radius 1 is 0.972 bits per heavy atom. The maximum Gasteiger partial charge on any atom is 0.337 e. The predicted molar refractivity (Wildman–Crippen MR) is 136 cm³/mol. The molecule has 0 atom stereocenters. The number of carboxylic acid groups (broad SMARTS) is 1. The van der Waals surface area contributed by atoms with Gasteiger partial charge in [0.1, 0.15) is 5.76 Å². The number of carbonyl (C=O) groups excluding carboxylic acids is 1. The van der Waals surface area contributed by atoms with Crippen LogP contribution in [0.2, 0.25) is 15.1 Å². The minimum Gasteiger partial charge on any atom is -0.504 e. The number of aromatic hydroxyl groups is 1. The summed E-state index contributed by atoms with van der Waals surface area (Å²) in [7, 11) is 0. The summed E-state index contributed by atoms with van der Waals surface area (Å²) in [5, 5.41) is 20.3. The van der Waals surface area contributed by atoms with Crippen molar-refractivity contribution in [1.29, 1.82) is 0 Å². The van der Waals surface area contributed by atoms with Gasteiger partial charge >= 0.3 is 5.97 Å². The van der Waals surface area contributed by atoms with Crippen molar-refractivity contribution < 1.29 is 28.6 Å². The highest BCUT2D eigenvalue weighted by atomic mass is 35.5. The lowest BCUT2D eigenvalue weighted by Gasteiger charge is -2.21.